The summed E-state index contributed by atoms with van der Waals surface area (Å²) in [6, 6.07) is 0.476. The number of carboxylic acid groups (broad SMARTS) is 1. The Morgan fingerprint density at radius 2 is 2.17 bits per heavy atom. The van der Waals surface area contributed by atoms with Gasteiger partial charge in [-0.2, -0.15) is 0 Å². The number of hydrogen-bond acceptors (Lipinski definition) is 3. The third-order valence-corrected chi connectivity index (χ3v) is 4.34. The van der Waals surface area contributed by atoms with Crippen molar-refractivity contribution in [2.75, 3.05) is 13.2 Å². The van der Waals surface area contributed by atoms with Crippen molar-refractivity contribution < 1.29 is 14.6 Å². The molecule has 18 heavy (non-hydrogen) atoms. The molecule has 1 aliphatic carbocycles. The maximum absolute atomic E-state index is 11.1. The summed E-state index contributed by atoms with van der Waals surface area (Å²) in [5.74, 6) is -0.439. The predicted octanol–water partition coefficient (Wildman–Crippen LogP) is 2.03. The maximum Gasteiger partial charge on any atom is 0.306 e. The lowest BCUT2D eigenvalue weighted by molar-refractivity contribution is -0.143. The summed E-state index contributed by atoms with van der Waals surface area (Å²) < 4.78 is 5.69. The molecule has 0 radical (unpaired) electrons. The molecule has 1 aliphatic heterocycles. The summed E-state index contributed by atoms with van der Waals surface area (Å²) in [4.78, 5) is 11.1. The van der Waals surface area contributed by atoms with E-state index in [0.717, 1.165) is 45.3 Å². The smallest absolute Gasteiger partial charge is 0.306 e. The monoisotopic (exact) mass is 255 g/mol. The van der Waals surface area contributed by atoms with Crippen LogP contribution in [0, 0.1) is 11.8 Å². The lowest BCUT2D eigenvalue weighted by Crippen LogP contribution is -2.45. The molecule has 3 unspecified atom stereocenters. The summed E-state index contributed by atoms with van der Waals surface area (Å²) in [5, 5.41) is 12.7. The molecular formula is C14H25NO3. The first-order chi connectivity index (χ1) is 8.48. The summed E-state index contributed by atoms with van der Waals surface area (Å²) in [6.45, 7) is 5.89. The van der Waals surface area contributed by atoms with Crippen LogP contribution in [0.5, 0.6) is 0 Å². The highest BCUT2D eigenvalue weighted by molar-refractivity contribution is 5.70. The number of nitrogens with one attached hydrogen (secondary N) is 1. The van der Waals surface area contributed by atoms with Gasteiger partial charge < -0.3 is 15.2 Å². The van der Waals surface area contributed by atoms with Gasteiger partial charge in [0.2, 0.25) is 0 Å². The van der Waals surface area contributed by atoms with E-state index in [0.29, 0.717) is 12.0 Å². The van der Waals surface area contributed by atoms with Crippen LogP contribution in [0.3, 0.4) is 0 Å². The molecule has 1 saturated carbocycles. The molecule has 0 amide bonds. The van der Waals surface area contributed by atoms with Crippen LogP contribution in [0.25, 0.3) is 0 Å². The fourth-order valence-corrected chi connectivity index (χ4v) is 3.33. The summed E-state index contributed by atoms with van der Waals surface area (Å²) in [7, 11) is 0. The van der Waals surface area contributed by atoms with Crippen LogP contribution in [0.15, 0.2) is 0 Å². The van der Waals surface area contributed by atoms with Crippen LogP contribution < -0.4 is 5.32 Å². The molecule has 2 aliphatic rings. The number of carbonyl (C=O) groups is 1. The normalized spacial score (nSPS) is 35.6. The Morgan fingerprint density at radius 1 is 1.39 bits per heavy atom. The van der Waals surface area contributed by atoms with Crippen molar-refractivity contribution >= 4 is 5.97 Å². The molecule has 4 nitrogen and oxygen atoms in total. The number of carboxylic acids is 1. The van der Waals surface area contributed by atoms with Crippen LogP contribution in [0.1, 0.15) is 46.0 Å². The molecule has 0 aromatic carbocycles. The van der Waals surface area contributed by atoms with Crippen molar-refractivity contribution in [3.05, 3.63) is 0 Å². The Kier molecular flexibility index (Phi) is 4.28. The first-order valence-corrected chi connectivity index (χ1v) is 7.08. The fourth-order valence-electron chi connectivity index (χ4n) is 3.33. The van der Waals surface area contributed by atoms with E-state index >= 15 is 0 Å². The molecule has 0 aromatic heterocycles. The number of hydrogen-bond donors (Lipinski definition) is 2. The average Bonchev–Trinajstić information content (AvgIpc) is 2.73. The van der Waals surface area contributed by atoms with Gasteiger partial charge in [0.15, 0.2) is 0 Å². The molecule has 4 heteroatoms. The van der Waals surface area contributed by atoms with E-state index in [4.69, 9.17) is 9.84 Å². The van der Waals surface area contributed by atoms with E-state index in [9.17, 15) is 4.79 Å². The SMILES string of the molecule is CC1(C)CC(NCC2CCCC2C(=O)O)CCO1. The zero-order valence-corrected chi connectivity index (χ0v) is 11.4. The minimum Gasteiger partial charge on any atom is -0.481 e. The summed E-state index contributed by atoms with van der Waals surface area (Å²) in [5.41, 5.74) is -0.0439. The van der Waals surface area contributed by atoms with Crippen molar-refractivity contribution in [1.29, 1.82) is 0 Å². The average molecular weight is 255 g/mol. The largest absolute Gasteiger partial charge is 0.481 e. The topological polar surface area (TPSA) is 58.6 Å². The number of aliphatic carboxylic acids is 1. The molecule has 1 heterocycles. The molecule has 2 rings (SSSR count). The second-order valence-electron chi connectivity index (χ2n) is 6.34. The fraction of sp³-hybridized carbons (Fsp3) is 0.929. The van der Waals surface area contributed by atoms with Crippen LogP contribution in [0.4, 0.5) is 0 Å². The number of rotatable bonds is 4. The minimum absolute atomic E-state index is 0.0439. The van der Waals surface area contributed by atoms with E-state index in [1.165, 1.54) is 0 Å². The lowest BCUT2D eigenvalue weighted by atomic mass is 9.92. The van der Waals surface area contributed by atoms with Crippen LogP contribution in [0.2, 0.25) is 0 Å². The number of ether oxygens (including phenoxy) is 1. The van der Waals surface area contributed by atoms with Crippen molar-refractivity contribution in [2.24, 2.45) is 11.8 Å². The first kappa shape index (κ1) is 13.8. The van der Waals surface area contributed by atoms with Gasteiger partial charge in [-0.15, -0.1) is 0 Å². The molecule has 2 fully saturated rings. The lowest BCUT2D eigenvalue weighted by Gasteiger charge is -2.36. The van der Waals surface area contributed by atoms with Gasteiger partial charge in [0.25, 0.3) is 0 Å². The molecule has 0 bridgehead atoms. The van der Waals surface area contributed by atoms with Crippen LogP contribution in [-0.4, -0.2) is 35.9 Å². The quantitative estimate of drug-likeness (QED) is 0.807. The third kappa shape index (κ3) is 3.45. The Balaban J connectivity index is 1.79. The second-order valence-corrected chi connectivity index (χ2v) is 6.34. The zero-order valence-electron chi connectivity index (χ0n) is 11.4. The van der Waals surface area contributed by atoms with Gasteiger partial charge in [-0.1, -0.05) is 6.42 Å². The van der Waals surface area contributed by atoms with Gasteiger partial charge in [-0.25, -0.2) is 0 Å². The highest BCUT2D eigenvalue weighted by Crippen LogP contribution is 2.32. The van der Waals surface area contributed by atoms with Gasteiger partial charge in [0.1, 0.15) is 0 Å². The summed E-state index contributed by atoms with van der Waals surface area (Å²) in [6.07, 6.45) is 5.01. The first-order valence-electron chi connectivity index (χ1n) is 7.08. The van der Waals surface area contributed by atoms with E-state index in [2.05, 4.69) is 19.2 Å². The van der Waals surface area contributed by atoms with Crippen LogP contribution in [-0.2, 0) is 9.53 Å². The van der Waals surface area contributed by atoms with Crippen molar-refractivity contribution in [3.63, 3.8) is 0 Å². The van der Waals surface area contributed by atoms with Gasteiger partial charge >= 0.3 is 5.97 Å². The Hall–Kier alpha value is -0.610. The molecule has 3 atom stereocenters. The molecule has 0 spiro atoms. The standard InChI is InChI=1S/C14H25NO3/c1-14(2)8-11(6-7-18-14)15-9-10-4-3-5-12(10)13(16)17/h10-12,15H,3-9H2,1-2H3,(H,16,17). The Bertz CT molecular complexity index is 303. The maximum atomic E-state index is 11.1. The Labute approximate surface area is 109 Å². The van der Waals surface area contributed by atoms with Crippen LogP contribution >= 0.6 is 0 Å². The highest BCUT2D eigenvalue weighted by Gasteiger charge is 2.34. The van der Waals surface area contributed by atoms with E-state index in [-0.39, 0.29) is 11.5 Å². The van der Waals surface area contributed by atoms with Crippen molar-refractivity contribution in [2.45, 2.75) is 57.6 Å². The molecule has 2 N–H and O–H groups in total. The second kappa shape index (κ2) is 5.57. The van der Waals surface area contributed by atoms with Gasteiger partial charge in [-0.05, 0) is 52.0 Å². The molecule has 0 aromatic rings. The Morgan fingerprint density at radius 3 is 2.83 bits per heavy atom. The zero-order chi connectivity index (χ0) is 13.2. The van der Waals surface area contributed by atoms with Gasteiger partial charge in [0.05, 0.1) is 11.5 Å². The van der Waals surface area contributed by atoms with E-state index < -0.39 is 5.97 Å². The van der Waals surface area contributed by atoms with Gasteiger partial charge in [0, 0.05) is 12.6 Å². The van der Waals surface area contributed by atoms with E-state index in [1.807, 2.05) is 0 Å². The molecule has 1 saturated heterocycles. The van der Waals surface area contributed by atoms with E-state index in [1.54, 1.807) is 0 Å². The minimum atomic E-state index is -0.619. The van der Waals surface area contributed by atoms with Crippen molar-refractivity contribution in [3.8, 4) is 0 Å². The highest BCUT2D eigenvalue weighted by atomic mass is 16.5. The summed E-state index contributed by atoms with van der Waals surface area (Å²) >= 11 is 0. The molecular weight excluding hydrogens is 230 g/mol. The van der Waals surface area contributed by atoms with Gasteiger partial charge in [-0.3, -0.25) is 4.79 Å². The van der Waals surface area contributed by atoms with Crippen molar-refractivity contribution in [1.82, 2.24) is 5.32 Å². The predicted molar refractivity (Wildman–Crippen MR) is 69.5 cm³/mol. The third-order valence-electron chi connectivity index (χ3n) is 4.34. The molecule has 104 valence electrons.